The molecule has 1 unspecified atom stereocenters. The summed E-state index contributed by atoms with van der Waals surface area (Å²) in [6.45, 7) is 9.95. The summed E-state index contributed by atoms with van der Waals surface area (Å²) < 4.78 is 79.2. The predicted octanol–water partition coefficient (Wildman–Crippen LogP) is 7.50. The minimum Gasteiger partial charge on any atom is -0.486 e. The van der Waals surface area contributed by atoms with Crippen molar-refractivity contribution in [2.24, 2.45) is 0 Å². The summed E-state index contributed by atoms with van der Waals surface area (Å²) >= 11 is 0. The highest BCUT2D eigenvalue weighted by Crippen LogP contribution is 2.44. The molecule has 0 saturated carbocycles. The number of carbonyl (C=O) groups is 1. The summed E-state index contributed by atoms with van der Waals surface area (Å²) in [7, 11) is -3.11. The molecule has 13 nitrogen and oxygen atoms in total. The van der Waals surface area contributed by atoms with Crippen molar-refractivity contribution in [3.05, 3.63) is 59.8 Å². The molecule has 288 valence electrons. The van der Waals surface area contributed by atoms with Gasteiger partial charge in [0.1, 0.15) is 47.5 Å². The Hall–Kier alpha value is -4.69. The SMILES string of the molecule is CC(C)(C)OC(=O)N1CCC[C@H](Nc2ncc(C(F)(F)F)c(-c3nn(C4CCCCO4)c4nn5c(P(C)(C)=O)c(OCc6ccccc6)ccc5c34)n2)C1. The van der Waals surface area contributed by atoms with Gasteiger partial charge in [-0.15, -0.1) is 5.10 Å². The molecule has 1 N–H and O–H groups in total. The van der Waals surface area contributed by atoms with Gasteiger partial charge in [-0.25, -0.2) is 24.0 Å². The van der Waals surface area contributed by atoms with Gasteiger partial charge in [-0.3, -0.25) is 0 Å². The van der Waals surface area contributed by atoms with Crippen LogP contribution >= 0.6 is 7.14 Å². The summed E-state index contributed by atoms with van der Waals surface area (Å²) in [6, 6.07) is 12.5. The van der Waals surface area contributed by atoms with Gasteiger partial charge in [0.15, 0.2) is 11.9 Å². The van der Waals surface area contributed by atoms with E-state index >= 15 is 0 Å². The lowest BCUT2D eigenvalue weighted by Crippen LogP contribution is -2.47. The van der Waals surface area contributed by atoms with Gasteiger partial charge in [0.05, 0.1) is 10.9 Å². The lowest BCUT2D eigenvalue weighted by atomic mass is 10.1. The first-order valence-electron chi connectivity index (χ1n) is 18.0. The Morgan fingerprint density at radius 3 is 2.48 bits per heavy atom. The van der Waals surface area contributed by atoms with Crippen LogP contribution in [0.3, 0.4) is 0 Å². The number of halogens is 3. The number of ether oxygens (including phenoxy) is 3. The van der Waals surface area contributed by atoms with Gasteiger partial charge in [0.25, 0.3) is 0 Å². The molecule has 1 aromatic carbocycles. The number of nitrogens with one attached hydrogen (secondary N) is 1. The van der Waals surface area contributed by atoms with Crippen molar-refractivity contribution in [2.45, 2.75) is 83.5 Å². The first-order valence-corrected chi connectivity index (χ1v) is 20.6. The zero-order valence-electron chi connectivity index (χ0n) is 30.9. The number of pyridine rings is 1. The van der Waals surface area contributed by atoms with Crippen molar-refractivity contribution in [1.29, 1.82) is 0 Å². The van der Waals surface area contributed by atoms with Crippen LogP contribution in [-0.2, 0) is 26.8 Å². The molecule has 5 aromatic rings. The third kappa shape index (κ3) is 7.90. The molecule has 0 spiro atoms. The number of benzene rings is 1. The number of rotatable bonds is 8. The van der Waals surface area contributed by atoms with Gasteiger partial charge in [-0.2, -0.15) is 18.3 Å². The Bertz CT molecular complexity index is 2210. The molecule has 2 fully saturated rings. The molecule has 2 aliphatic rings. The highest BCUT2D eigenvalue weighted by atomic mass is 31.2. The molecule has 7 rings (SSSR count). The second-order valence-corrected chi connectivity index (χ2v) is 18.2. The van der Waals surface area contributed by atoms with Crippen molar-refractivity contribution in [2.75, 3.05) is 38.3 Å². The lowest BCUT2D eigenvalue weighted by Gasteiger charge is -2.34. The number of piperidine rings is 1. The molecule has 0 aliphatic carbocycles. The van der Waals surface area contributed by atoms with E-state index in [9.17, 15) is 22.5 Å². The van der Waals surface area contributed by atoms with Gasteiger partial charge in [-0.05, 0) is 83.9 Å². The van der Waals surface area contributed by atoms with Crippen molar-refractivity contribution < 1.29 is 36.7 Å². The Kier molecular flexibility index (Phi) is 10.1. The maximum absolute atomic E-state index is 14.8. The van der Waals surface area contributed by atoms with Crippen LogP contribution in [0.25, 0.3) is 27.9 Å². The number of hydrogen-bond donors (Lipinski definition) is 1. The second-order valence-electron chi connectivity index (χ2n) is 15.1. The fraction of sp³-hybridized carbons (Fsp3) is 0.486. The fourth-order valence-electron chi connectivity index (χ4n) is 6.89. The van der Waals surface area contributed by atoms with E-state index in [-0.39, 0.29) is 41.9 Å². The number of hydrogen-bond acceptors (Lipinski definition) is 10. The highest BCUT2D eigenvalue weighted by molar-refractivity contribution is 7.70. The number of nitrogens with zero attached hydrogens (tertiary/aromatic N) is 7. The normalized spacial score (nSPS) is 18.6. The van der Waals surface area contributed by atoms with Gasteiger partial charge in [0, 0.05) is 31.9 Å². The minimum atomic E-state index is -4.83. The maximum atomic E-state index is 14.8. The molecule has 2 saturated heterocycles. The third-order valence-electron chi connectivity index (χ3n) is 9.28. The molecular formula is C37H44F3N8O5P. The monoisotopic (exact) mass is 768 g/mol. The van der Waals surface area contributed by atoms with Gasteiger partial charge in [0.2, 0.25) is 5.95 Å². The van der Waals surface area contributed by atoms with Gasteiger partial charge in [-0.1, -0.05) is 30.3 Å². The second kappa shape index (κ2) is 14.5. The Balaban J connectivity index is 1.35. The van der Waals surface area contributed by atoms with E-state index in [0.717, 1.165) is 24.6 Å². The number of amides is 1. The Morgan fingerprint density at radius 2 is 1.80 bits per heavy atom. The molecule has 0 radical (unpaired) electrons. The number of aromatic nitrogens is 6. The number of alkyl halides is 3. The maximum Gasteiger partial charge on any atom is 0.420 e. The summed E-state index contributed by atoms with van der Waals surface area (Å²) in [5, 5.41) is 13.1. The molecule has 2 aliphatic heterocycles. The van der Waals surface area contributed by atoms with Gasteiger partial charge < -0.3 is 29.0 Å². The quantitative estimate of drug-likeness (QED) is 0.158. The molecule has 0 bridgehead atoms. The van der Waals surface area contributed by atoms with Gasteiger partial charge >= 0.3 is 12.3 Å². The Labute approximate surface area is 310 Å². The van der Waals surface area contributed by atoms with Crippen molar-refractivity contribution >= 4 is 41.2 Å². The van der Waals surface area contributed by atoms with Crippen LogP contribution in [0.5, 0.6) is 5.75 Å². The average molecular weight is 769 g/mol. The van der Waals surface area contributed by atoms with E-state index in [0.29, 0.717) is 49.1 Å². The van der Waals surface area contributed by atoms with E-state index < -0.39 is 42.5 Å². The van der Waals surface area contributed by atoms with Crippen LogP contribution in [0.15, 0.2) is 48.7 Å². The average Bonchev–Trinajstić information content (AvgIpc) is 3.67. The summed E-state index contributed by atoms with van der Waals surface area (Å²) in [5.41, 5.74) is -0.427. The summed E-state index contributed by atoms with van der Waals surface area (Å²) in [5.74, 6) is 0.295. The van der Waals surface area contributed by atoms with Crippen LogP contribution in [-0.4, -0.2) is 85.0 Å². The molecule has 17 heteroatoms. The molecular weight excluding hydrogens is 724 g/mol. The van der Waals surface area contributed by atoms with E-state index in [1.54, 1.807) is 51.1 Å². The number of fused-ring (bicyclic) bond motifs is 3. The van der Waals surface area contributed by atoms with Crippen LogP contribution in [0.4, 0.5) is 23.9 Å². The summed E-state index contributed by atoms with van der Waals surface area (Å²) in [4.78, 5) is 22.9. The van der Waals surface area contributed by atoms with Crippen molar-refractivity contribution in [3.8, 4) is 17.1 Å². The van der Waals surface area contributed by atoms with Crippen LogP contribution in [0.2, 0.25) is 0 Å². The van der Waals surface area contributed by atoms with Crippen molar-refractivity contribution in [1.82, 2.24) is 34.3 Å². The van der Waals surface area contributed by atoms with Crippen LogP contribution in [0.1, 0.15) is 70.2 Å². The third-order valence-corrected chi connectivity index (χ3v) is 10.7. The van der Waals surface area contributed by atoms with E-state index in [1.807, 2.05) is 30.3 Å². The minimum absolute atomic E-state index is 0.0500. The van der Waals surface area contributed by atoms with E-state index in [4.69, 9.17) is 24.4 Å². The topological polar surface area (TPSA) is 138 Å². The first kappa shape index (κ1) is 37.6. The highest BCUT2D eigenvalue weighted by Gasteiger charge is 2.39. The number of anilines is 1. The lowest BCUT2D eigenvalue weighted by molar-refractivity contribution is -0.137. The first-order chi connectivity index (χ1) is 25.6. The zero-order valence-corrected chi connectivity index (χ0v) is 31.8. The van der Waals surface area contributed by atoms with Crippen molar-refractivity contribution in [3.63, 3.8) is 0 Å². The van der Waals surface area contributed by atoms with E-state index in [2.05, 4.69) is 15.3 Å². The zero-order chi connectivity index (χ0) is 38.4. The molecule has 54 heavy (non-hydrogen) atoms. The standard InChI is InChI=1S/C37H44F3N8O5P/c1-36(2,3)53-35(49)46-18-11-14-24(21-46)42-34-41-20-25(37(38,39)40)30(43-34)31-29-26-16-17-27(52-22-23-12-7-6-8-13-23)33(54(4,5)50)47(26)45-32(29)48(44-31)28-15-9-10-19-51-28/h6-8,12-13,16-17,20,24,28H,9-11,14-15,18-19,21-22H2,1-5H3,(H,41,42,43)/t24-,28?/m0/s1. The van der Waals surface area contributed by atoms with E-state index in [1.165, 1.54) is 9.20 Å². The Morgan fingerprint density at radius 1 is 1.02 bits per heavy atom. The number of carbonyl (C=O) groups excluding carboxylic acids is 1. The molecule has 6 heterocycles. The fourth-order valence-corrected chi connectivity index (χ4v) is 8.17. The largest absolute Gasteiger partial charge is 0.486 e. The predicted molar refractivity (Wildman–Crippen MR) is 198 cm³/mol. The number of likely N-dealkylation sites (tertiary alicyclic amines) is 1. The molecule has 4 aromatic heterocycles. The summed E-state index contributed by atoms with van der Waals surface area (Å²) in [6.07, 6.45) is -1.62. The van der Waals surface area contributed by atoms with Crippen LogP contribution < -0.4 is 15.5 Å². The smallest absolute Gasteiger partial charge is 0.420 e. The molecule has 1 amide bonds. The van der Waals surface area contributed by atoms with Crippen LogP contribution in [0, 0.1) is 0 Å². The molecule has 2 atom stereocenters.